The van der Waals surface area contributed by atoms with Crippen LogP contribution in [0.15, 0.2) is 0 Å². The maximum Gasteiger partial charge on any atom is 0.0689 e. The van der Waals surface area contributed by atoms with Gasteiger partial charge in [0, 0.05) is 0 Å². The zero-order valence-electron chi connectivity index (χ0n) is 21.9. The Kier molecular flexibility index (Phi) is 10.9. The topological polar surface area (TPSA) is 23.8 Å². The van der Waals surface area contributed by atoms with E-state index in [0.29, 0.717) is 5.41 Å². The summed E-state index contributed by atoms with van der Waals surface area (Å²) in [6, 6.07) is 2.93. The van der Waals surface area contributed by atoms with Gasteiger partial charge in [0.1, 0.15) is 0 Å². The second-order valence-corrected chi connectivity index (χ2v) is 12.4. The van der Waals surface area contributed by atoms with Crippen LogP contribution in [0.3, 0.4) is 0 Å². The van der Waals surface area contributed by atoms with Crippen molar-refractivity contribution in [3.05, 3.63) is 0 Å². The van der Waals surface area contributed by atoms with Gasteiger partial charge in [0.25, 0.3) is 0 Å². The van der Waals surface area contributed by atoms with Crippen molar-refractivity contribution in [2.24, 2.45) is 28.6 Å². The summed E-state index contributed by atoms with van der Waals surface area (Å²) in [6.45, 7) is 4.63. The maximum atomic E-state index is 10.3. The third-order valence-electron chi connectivity index (χ3n) is 10.3. The fourth-order valence-electron chi connectivity index (χ4n) is 8.37. The molecule has 0 heterocycles. The van der Waals surface area contributed by atoms with Crippen molar-refractivity contribution in [1.82, 2.24) is 0 Å². The highest BCUT2D eigenvalue weighted by Gasteiger charge is 2.50. The molecule has 3 rings (SSSR count). The Morgan fingerprint density at radius 3 is 2.06 bits per heavy atom. The van der Waals surface area contributed by atoms with E-state index in [-0.39, 0.29) is 5.41 Å². The molecule has 0 saturated heterocycles. The normalized spacial score (nSPS) is 33.0. The van der Waals surface area contributed by atoms with Crippen LogP contribution in [0.5, 0.6) is 0 Å². The van der Waals surface area contributed by atoms with Crippen LogP contribution in [0.25, 0.3) is 0 Å². The van der Waals surface area contributed by atoms with Crippen LogP contribution in [-0.2, 0) is 0 Å². The Hall–Kier alpha value is -0.510. The lowest BCUT2D eigenvalue weighted by Gasteiger charge is -2.54. The van der Waals surface area contributed by atoms with Crippen molar-refractivity contribution in [3.8, 4) is 6.07 Å². The minimum absolute atomic E-state index is 0.0108. The molecule has 184 valence electrons. The molecule has 1 nitrogen and oxygen atoms in total. The minimum Gasteiger partial charge on any atom is -0.198 e. The molecule has 32 heavy (non-hydrogen) atoms. The zero-order valence-corrected chi connectivity index (χ0v) is 21.9. The first-order valence-corrected chi connectivity index (χ1v) is 15.1. The highest BCUT2D eigenvalue weighted by molar-refractivity contribution is 5.06. The molecule has 0 amide bonds. The molecular formula is C31H55N. The second-order valence-electron chi connectivity index (χ2n) is 12.4. The summed E-state index contributed by atoms with van der Waals surface area (Å²) in [5.41, 5.74) is 0.605. The van der Waals surface area contributed by atoms with E-state index in [2.05, 4.69) is 19.9 Å². The molecule has 0 aliphatic heterocycles. The number of nitrogens with zero attached hydrogens (tertiary/aromatic N) is 1. The van der Waals surface area contributed by atoms with E-state index in [9.17, 15) is 5.26 Å². The van der Waals surface area contributed by atoms with Crippen molar-refractivity contribution in [1.29, 1.82) is 5.26 Å². The van der Waals surface area contributed by atoms with Crippen LogP contribution < -0.4 is 0 Å². The van der Waals surface area contributed by atoms with E-state index in [1.807, 2.05) is 0 Å². The van der Waals surface area contributed by atoms with Crippen LogP contribution in [0.4, 0.5) is 0 Å². The van der Waals surface area contributed by atoms with E-state index in [1.165, 1.54) is 148 Å². The van der Waals surface area contributed by atoms with Crippen LogP contribution in [-0.4, -0.2) is 0 Å². The van der Waals surface area contributed by atoms with Crippen molar-refractivity contribution in [2.45, 2.75) is 162 Å². The highest BCUT2D eigenvalue weighted by atomic mass is 14.5. The molecule has 3 saturated carbocycles. The van der Waals surface area contributed by atoms with Gasteiger partial charge in [-0.3, -0.25) is 0 Å². The molecule has 0 bridgehead atoms. The number of hydrogen-bond acceptors (Lipinski definition) is 1. The monoisotopic (exact) mass is 441 g/mol. The Morgan fingerprint density at radius 1 is 0.688 bits per heavy atom. The van der Waals surface area contributed by atoms with Gasteiger partial charge in [-0.15, -0.1) is 0 Å². The van der Waals surface area contributed by atoms with Crippen molar-refractivity contribution in [3.63, 3.8) is 0 Å². The molecule has 1 heteroatoms. The fraction of sp³-hybridized carbons (Fsp3) is 0.968. The van der Waals surface area contributed by atoms with Crippen LogP contribution in [0, 0.1) is 39.9 Å². The molecule has 0 N–H and O–H groups in total. The zero-order chi connectivity index (χ0) is 22.7. The molecule has 0 radical (unpaired) electrons. The first-order valence-electron chi connectivity index (χ1n) is 15.1. The molecular weight excluding hydrogens is 386 g/mol. The summed E-state index contributed by atoms with van der Waals surface area (Å²) < 4.78 is 0. The van der Waals surface area contributed by atoms with Gasteiger partial charge in [-0.1, -0.05) is 110 Å². The molecule has 0 aromatic carbocycles. The number of rotatable bonds is 12. The number of nitriles is 1. The van der Waals surface area contributed by atoms with Crippen molar-refractivity contribution >= 4 is 0 Å². The van der Waals surface area contributed by atoms with Gasteiger partial charge in [-0.05, 0) is 74.5 Å². The quantitative estimate of drug-likeness (QED) is 0.276. The van der Waals surface area contributed by atoms with Gasteiger partial charge in [-0.2, -0.15) is 5.26 Å². The van der Waals surface area contributed by atoms with Crippen LogP contribution >= 0.6 is 0 Å². The van der Waals surface area contributed by atoms with Crippen molar-refractivity contribution in [2.75, 3.05) is 0 Å². The Labute approximate surface area is 201 Å². The predicted octanol–water partition coefficient (Wildman–Crippen LogP) is 10.4. The van der Waals surface area contributed by atoms with Crippen molar-refractivity contribution < 1.29 is 0 Å². The summed E-state index contributed by atoms with van der Waals surface area (Å²) in [5, 5.41) is 10.3. The summed E-state index contributed by atoms with van der Waals surface area (Å²) in [5.74, 6) is 2.83. The summed E-state index contributed by atoms with van der Waals surface area (Å²) in [7, 11) is 0. The molecule has 3 aliphatic rings. The average Bonchev–Trinajstić information content (AvgIpc) is 2.85. The highest BCUT2D eigenvalue weighted by Crippen LogP contribution is 2.59. The van der Waals surface area contributed by atoms with Crippen LogP contribution in [0.1, 0.15) is 162 Å². The molecule has 0 aromatic rings. The van der Waals surface area contributed by atoms with Gasteiger partial charge in [0.2, 0.25) is 0 Å². The maximum absolute atomic E-state index is 10.3. The smallest absolute Gasteiger partial charge is 0.0689 e. The van der Waals surface area contributed by atoms with Gasteiger partial charge in [0.15, 0.2) is 0 Å². The number of unbranched alkanes of at least 4 members (excludes halogenated alkanes) is 6. The van der Waals surface area contributed by atoms with E-state index < -0.39 is 0 Å². The third kappa shape index (κ3) is 6.76. The summed E-state index contributed by atoms with van der Waals surface area (Å²) >= 11 is 0. The van der Waals surface area contributed by atoms with E-state index in [0.717, 1.165) is 17.8 Å². The Morgan fingerprint density at radius 2 is 1.38 bits per heavy atom. The number of hydrogen-bond donors (Lipinski definition) is 0. The standard InChI is InChI=1S/C31H55N/c1-3-5-7-8-11-21-30(26-32)22-14-16-29(25-30)31(23-12-9-13-24-31)28-19-17-27(18-20-28)15-10-6-4-2/h27-29H,3-25H2,1-2H3/t27-,28-,29?,30?. The van der Waals surface area contributed by atoms with E-state index >= 15 is 0 Å². The molecule has 3 aliphatic carbocycles. The van der Waals surface area contributed by atoms with Gasteiger partial charge in [0.05, 0.1) is 11.5 Å². The lowest BCUT2D eigenvalue weighted by atomic mass is 9.50. The fourth-order valence-corrected chi connectivity index (χ4v) is 8.37. The lowest BCUT2D eigenvalue weighted by molar-refractivity contribution is -0.0389. The Bertz CT molecular complexity index is 545. The molecule has 0 aromatic heterocycles. The molecule has 2 atom stereocenters. The lowest BCUT2D eigenvalue weighted by Crippen LogP contribution is -2.45. The van der Waals surface area contributed by atoms with E-state index in [4.69, 9.17) is 0 Å². The first kappa shape index (κ1) is 26.1. The third-order valence-corrected chi connectivity index (χ3v) is 10.3. The molecule has 3 fully saturated rings. The largest absolute Gasteiger partial charge is 0.198 e. The predicted molar refractivity (Wildman–Crippen MR) is 138 cm³/mol. The molecule has 2 unspecified atom stereocenters. The average molecular weight is 442 g/mol. The summed E-state index contributed by atoms with van der Waals surface area (Å²) in [4.78, 5) is 0. The molecule has 0 spiro atoms. The summed E-state index contributed by atoms with van der Waals surface area (Å²) in [6.07, 6.45) is 32.2. The van der Waals surface area contributed by atoms with Crippen LogP contribution in [0.2, 0.25) is 0 Å². The first-order chi connectivity index (χ1) is 15.7. The SMILES string of the molecule is CCCCCCCC1(C#N)CCCC(C2([C@H]3CC[C@H](CCCCC)CC3)CCCCC2)C1. The van der Waals surface area contributed by atoms with E-state index in [1.54, 1.807) is 0 Å². The van der Waals surface area contributed by atoms with Gasteiger partial charge in [-0.25, -0.2) is 0 Å². The second kappa shape index (κ2) is 13.4. The minimum atomic E-state index is 0.0108. The van der Waals surface area contributed by atoms with Gasteiger partial charge < -0.3 is 0 Å². The van der Waals surface area contributed by atoms with Gasteiger partial charge >= 0.3 is 0 Å². The Balaban J connectivity index is 1.63.